The molecule has 0 bridgehead atoms. The summed E-state index contributed by atoms with van der Waals surface area (Å²) < 4.78 is 1.40. The van der Waals surface area contributed by atoms with Crippen molar-refractivity contribution in [3.05, 3.63) is 56.7 Å². The molecule has 22 heavy (non-hydrogen) atoms. The third-order valence-electron chi connectivity index (χ3n) is 3.64. The zero-order valence-corrected chi connectivity index (χ0v) is 12.6. The summed E-state index contributed by atoms with van der Waals surface area (Å²) in [6, 6.07) is 4.90. The van der Waals surface area contributed by atoms with Gasteiger partial charge in [-0.3, -0.25) is 9.59 Å². The van der Waals surface area contributed by atoms with E-state index in [1.807, 2.05) is 0 Å². The van der Waals surface area contributed by atoms with E-state index in [0.29, 0.717) is 18.7 Å². The van der Waals surface area contributed by atoms with Crippen LogP contribution in [0, 0.1) is 0 Å². The molecule has 0 saturated carbocycles. The van der Waals surface area contributed by atoms with Gasteiger partial charge in [0.15, 0.2) is 0 Å². The van der Waals surface area contributed by atoms with Crippen molar-refractivity contribution in [3.8, 4) is 0 Å². The second-order valence-electron chi connectivity index (χ2n) is 5.13. The molecule has 7 heteroatoms. The Morgan fingerprint density at radius 1 is 1.41 bits per heavy atom. The topological polar surface area (TPSA) is 76.9 Å². The quantitative estimate of drug-likeness (QED) is 0.860. The molecule has 114 valence electrons. The van der Waals surface area contributed by atoms with Crippen molar-refractivity contribution in [2.24, 2.45) is 0 Å². The lowest BCUT2D eigenvalue weighted by molar-refractivity contribution is 0.0951. The zero-order chi connectivity index (χ0) is 15.5. The Morgan fingerprint density at radius 2 is 2.27 bits per heavy atom. The molecule has 6 nitrogen and oxygen atoms in total. The van der Waals surface area contributed by atoms with Crippen molar-refractivity contribution in [2.45, 2.75) is 25.8 Å². The smallest absolute Gasteiger partial charge is 0.267 e. The highest BCUT2D eigenvalue weighted by atomic mass is 35.5. The first kappa shape index (κ1) is 14.7. The van der Waals surface area contributed by atoms with Gasteiger partial charge in [0, 0.05) is 18.8 Å². The molecule has 0 aliphatic heterocycles. The van der Waals surface area contributed by atoms with Crippen molar-refractivity contribution in [1.82, 2.24) is 20.1 Å². The highest BCUT2D eigenvalue weighted by molar-refractivity contribution is 6.32. The monoisotopic (exact) mass is 318 g/mol. The van der Waals surface area contributed by atoms with Gasteiger partial charge < -0.3 is 5.32 Å². The number of aryl methyl sites for hydroxylation is 2. The van der Waals surface area contributed by atoms with Crippen molar-refractivity contribution >= 4 is 17.5 Å². The van der Waals surface area contributed by atoms with E-state index >= 15 is 0 Å². The lowest BCUT2D eigenvalue weighted by Gasteiger charge is -2.08. The van der Waals surface area contributed by atoms with Gasteiger partial charge in [-0.05, 0) is 37.0 Å². The number of hydrogen-bond acceptors (Lipinski definition) is 4. The molecule has 0 spiro atoms. The molecule has 0 radical (unpaired) electrons. The third kappa shape index (κ3) is 3.01. The highest BCUT2D eigenvalue weighted by Gasteiger charge is 2.15. The minimum absolute atomic E-state index is 0.130. The summed E-state index contributed by atoms with van der Waals surface area (Å²) in [7, 11) is 0. The fraction of sp³-hybridized carbons (Fsp3) is 0.333. The van der Waals surface area contributed by atoms with Crippen molar-refractivity contribution in [1.29, 1.82) is 0 Å². The fourth-order valence-electron chi connectivity index (χ4n) is 2.53. The first-order valence-corrected chi connectivity index (χ1v) is 7.51. The second-order valence-corrected chi connectivity index (χ2v) is 5.49. The van der Waals surface area contributed by atoms with Crippen LogP contribution in [0.4, 0.5) is 0 Å². The first-order valence-electron chi connectivity index (χ1n) is 7.14. The lowest BCUT2D eigenvalue weighted by atomic mass is 10.2. The largest absolute Gasteiger partial charge is 0.350 e. The van der Waals surface area contributed by atoms with E-state index in [2.05, 4.69) is 15.4 Å². The first-order chi connectivity index (χ1) is 10.6. The van der Waals surface area contributed by atoms with E-state index in [1.54, 1.807) is 18.2 Å². The molecule has 0 fully saturated rings. The summed E-state index contributed by atoms with van der Waals surface area (Å²) in [4.78, 5) is 27.8. The number of carbonyl (C=O) groups excluding carboxylic acids is 1. The number of nitrogens with zero attached hydrogens (tertiary/aromatic N) is 3. The highest BCUT2D eigenvalue weighted by Crippen LogP contribution is 2.16. The van der Waals surface area contributed by atoms with Crippen LogP contribution in [0.1, 0.15) is 28.0 Å². The van der Waals surface area contributed by atoms with Gasteiger partial charge in [0.1, 0.15) is 5.15 Å². The number of nitrogens with one attached hydrogen (secondary N) is 1. The standard InChI is InChI=1S/C15H15ClN4O2/c16-14-11(4-2-6-17-14)15(22)18-7-8-20-13(21)9-10-3-1-5-12(10)19-20/h2,4,6,9H,1,3,5,7-8H2,(H,18,22). The summed E-state index contributed by atoms with van der Waals surface area (Å²) in [5.74, 6) is -0.313. The van der Waals surface area contributed by atoms with E-state index in [1.165, 1.54) is 10.9 Å². The van der Waals surface area contributed by atoms with Crippen LogP contribution < -0.4 is 10.9 Å². The van der Waals surface area contributed by atoms with Crippen LogP contribution in [0.25, 0.3) is 0 Å². The Morgan fingerprint density at radius 3 is 3.09 bits per heavy atom. The predicted molar refractivity (Wildman–Crippen MR) is 82.1 cm³/mol. The lowest BCUT2D eigenvalue weighted by Crippen LogP contribution is -2.32. The molecule has 3 rings (SSSR count). The number of aromatic nitrogens is 3. The van der Waals surface area contributed by atoms with Gasteiger partial charge in [0.05, 0.1) is 17.8 Å². The maximum atomic E-state index is 12.0. The zero-order valence-electron chi connectivity index (χ0n) is 11.9. The maximum Gasteiger partial charge on any atom is 0.267 e. The Hall–Kier alpha value is -2.21. The second kappa shape index (κ2) is 6.27. The molecule has 0 unspecified atom stereocenters. The van der Waals surface area contributed by atoms with E-state index < -0.39 is 0 Å². The number of rotatable bonds is 4. The maximum absolute atomic E-state index is 12.0. The summed E-state index contributed by atoms with van der Waals surface area (Å²) in [6.45, 7) is 0.630. The third-order valence-corrected chi connectivity index (χ3v) is 3.94. The number of halogens is 1. The molecule has 1 aliphatic rings. The van der Waals surface area contributed by atoms with Gasteiger partial charge in [0.2, 0.25) is 0 Å². The van der Waals surface area contributed by atoms with Gasteiger partial charge in [-0.2, -0.15) is 5.10 Å². The average Bonchev–Trinajstić information content (AvgIpc) is 2.94. The normalized spacial score (nSPS) is 13.0. The molecule has 2 heterocycles. The number of pyridine rings is 1. The Bertz CT molecular complexity index is 772. The summed E-state index contributed by atoms with van der Waals surface area (Å²) in [5, 5.41) is 7.23. The minimum Gasteiger partial charge on any atom is -0.350 e. The minimum atomic E-state index is -0.313. The van der Waals surface area contributed by atoms with E-state index in [-0.39, 0.29) is 16.6 Å². The van der Waals surface area contributed by atoms with E-state index in [0.717, 1.165) is 30.5 Å². The van der Waals surface area contributed by atoms with Gasteiger partial charge in [-0.1, -0.05) is 11.6 Å². The van der Waals surface area contributed by atoms with Crippen LogP contribution >= 0.6 is 11.6 Å². The number of carbonyl (C=O) groups is 1. The van der Waals surface area contributed by atoms with Crippen LogP contribution in [-0.4, -0.2) is 27.2 Å². The Kier molecular flexibility index (Phi) is 4.20. The summed E-state index contributed by atoms with van der Waals surface area (Å²) in [6.07, 6.45) is 4.40. The molecule has 1 amide bonds. The van der Waals surface area contributed by atoms with Crippen LogP contribution in [0.5, 0.6) is 0 Å². The molecule has 0 aromatic carbocycles. The van der Waals surface area contributed by atoms with E-state index in [9.17, 15) is 9.59 Å². The number of hydrogen-bond donors (Lipinski definition) is 1. The van der Waals surface area contributed by atoms with Crippen LogP contribution in [-0.2, 0) is 19.4 Å². The number of amides is 1. The van der Waals surface area contributed by atoms with Gasteiger partial charge in [0.25, 0.3) is 11.5 Å². The van der Waals surface area contributed by atoms with Gasteiger partial charge >= 0.3 is 0 Å². The molecule has 0 atom stereocenters. The predicted octanol–water partition coefficient (Wildman–Crippen LogP) is 1.21. The van der Waals surface area contributed by atoms with Gasteiger partial charge in [-0.15, -0.1) is 0 Å². The molecule has 1 aliphatic carbocycles. The van der Waals surface area contributed by atoms with Crippen molar-refractivity contribution in [3.63, 3.8) is 0 Å². The Balaban J connectivity index is 1.63. The molecular formula is C15H15ClN4O2. The van der Waals surface area contributed by atoms with Crippen LogP contribution in [0.15, 0.2) is 29.2 Å². The molecule has 2 aromatic rings. The molecule has 0 saturated heterocycles. The molecule has 1 N–H and O–H groups in total. The summed E-state index contributed by atoms with van der Waals surface area (Å²) >= 11 is 5.86. The van der Waals surface area contributed by atoms with Crippen molar-refractivity contribution < 1.29 is 4.79 Å². The van der Waals surface area contributed by atoms with Crippen LogP contribution in [0.2, 0.25) is 5.15 Å². The Labute approximate surface area is 132 Å². The van der Waals surface area contributed by atoms with E-state index in [4.69, 9.17) is 11.6 Å². The number of fused-ring (bicyclic) bond motifs is 1. The SMILES string of the molecule is O=C(NCCn1nc2c(cc1=O)CCC2)c1cccnc1Cl. The van der Waals surface area contributed by atoms with Crippen LogP contribution in [0.3, 0.4) is 0 Å². The van der Waals surface area contributed by atoms with Crippen molar-refractivity contribution in [2.75, 3.05) is 6.54 Å². The summed E-state index contributed by atoms with van der Waals surface area (Å²) in [5.41, 5.74) is 2.22. The molecular weight excluding hydrogens is 304 g/mol. The average molecular weight is 319 g/mol. The van der Waals surface area contributed by atoms with Gasteiger partial charge in [-0.25, -0.2) is 9.67 Å². The molecule has 2 aromatic heterocycles. The fourth-order valence-corrected chi connectivity index (χ4v) is 2.73.